The number of methoxy groups -OCH3 is 1. The molecule has 17 heavy (non-hydrogen) atoms. The lowest BCUT2D eigenvalue weighted by atomic mass is 10.0. The van der Waals surface area contributed by atoms with Crippen LogP contribution >= 0.6 is 0 Å². The van der Waals surface area contributed by atoms with Crippen LogP contribution in [0.5, 0.6) is 0 Å². The summed E-state index contributed by atoms with van der Waals surface area (Å²) >= 11 is 0. The van der Waals surface area contributed by atoms with Gasteiger partial charge >= 0.3 is 5.97 Å². The van der Waals surface area contributed by atoms with Gasteiger partial charge in [0.25, 0.3) is 0 Å². The molecule has 1 atom stereocenters. The van der Waals surface area contributed by atoms with E-state index >= 15 is 0 Å². The van der Waals surface area contributed by atoms with Crippen LogP contribution in [0.1, 0.15) is 12.5 Å². The van der Waals surface area contributed by atoms with Crippen molar-refractivity contribution < 1.29 is 9.53 Å². The summed E-state index contributed by atoms with van der Waals surface area (Å²) in [5.74, 6) is -0.307. The molecule has 1 aliphatic rings. The number of rotatable bonds is 3. The second-order valence-corrected chi connectivity index (χ2v) is 4.20. The third-order valence-electron chi connectivity index (χ3n) is 2.92. The second-order valence-electron chi connectivity index (χ2n) is 4.20. The van der Waals surface area contributed by atoms with Crippen molar-refractivity contribution in [3.8, 4) is 0 Å². The zero-order chi connectivity index (χ0) is 12.3. The highest BCUT2D eigenvalue weighted by atomic mass is 16.5. The summed E-state index contributed by atoms with van der Waals surface area (Å²) in [7, 11) is 1.38. The Bertz CT molecular complexity index is 433. The molecule has 0 N–H and O–H groups in total. The van der Waals surface area contributed by atoms with E-state index in [1.807, 2.05) is 30.3 Å². The molecular formula is C12H15N3O2. The third kappa shape index (κ3) is 2.13. The van der Waals surface area contributed by atoms with Crippen molar-refractivity contribution in [2.75, 3.05) is 13.7 Å². The highest BCUT2D eigenvalue weighted by Crippen LogP contribution is 2.26. The molecule has 1 aromatic carbocycles. The third-order valence-corrected chi connectivity index (χ3v) is 2.92. The molecule has 1 aliphatic heterocycles. The van der Waals surface area contributed by atoms with Crippen LogP contribution in [0.15, 0.2) is 40.7 Å². The number of ether oxygens (including phenoxy) is 1. The summed E-state index contributed by atoms with van der Waals surface area (Å²) in [6, 6.07) is 9.85. The van der Waals surface area contributed by atoms with E-state index in [1.165, 1.54) is 7.11 Å². The second kappa shape index (κ2) is 4.53. The number of carbonyl (C=O) groups is 1. The van der Waals surface area contributed by atoms with Crippen LogP contribution in [0.4, 0.5) is 0 Å². The van der Waals surface area contributed by atoms with Gasteiger partial charge in [0.15, 0.2) is 5.54 Å². The van der Waals surface area contributed by atoms with Gasteiger partial charge in [-0.3, -0.25) is 5.01 Å². The van der Waals surface area contributed by atoms with Crippen molar-refractivity contribution in [1.82, 2.24) is 5.01 Å². The zero-order valence-electron chi connectivity index (χ0n) is 9.96. The molecule has 0 saturated heterocycles. The molecule has 0 spiro atoms. The predicted octanol–water partition coefficient (Wildman–Crippen LogP) is 1.80. The van der Waals surface area contributed by atoms with Gasteiger partial charge in [-0.25, -0.2) is 4.79 Å². The normalized spacial score (nSPS) is 22.8. The lowest BCUT2D eigenvalue weighted by Crippen LogP contribution is -2.49. The first kappa shape index (κ1) is 11.6. The molecule has 90 valence electrons. The van der Waals surface area contributed by atoms with Gasteiger partial charge in [-0.1, -0.05) is 35.6 Å². The topological polar surface area (TPSA) is 54.3 Å². The van der Waals surface area contributed by atoms with E-state index in [9.17, 15) is 4.79 Å². The van der Waals surface area contributed by atoms with E-state index in [0.717, 1.165) is 5.56 Å². The van der Waals surface area contributed by atoms with E-state index in [4.69, 9.17) is 4.74 Å². The minimum absolute atomic E-state index is 0.307. The van der Waals surface area contributed by atoms with Crippen molar-refractivity contribution in [2.24, 2.45) is 10.3 Å². The van der Waals surface area contributed by atoms with E-state index in [1.54, 1.807) is 11.9 Å². The fourth-order valence-corrected chi connectivity index (χ4v) is 1.78. The summed E-state index contributed by atoms with van der Waals surface area (Å²) in [6.07, 6.45) is 0. The number of hydrogen-bond acceptors (Lipinski definition) is 5. The predicted molar refractivity (Wildman–Crippen MR) is 62.1 cm³/mol. The van der Waals surface area contributed by atoms with Crippen LogP contribution in [0.3, 0.4) is 0 Å². The molecule has 1 aromatic rings. The smallest absolute Gasteiger partial charge is 0.335 e. The van der Waals surface area contributed by atoms with Crippen molar-refractivity contribution >= 4 is 5.97 Å². The van der Waals surface area contributed by atoms with Gasteiger partial charge in [-0.15, -0.1) is 0 Å². The molecule has 0 aromatic heterocycles. The van der Waals surface area contributed by atoms with Gasteiger partial charge < -0.3 is 4.74 Å². The Labute approximate surface area is 100 Å². The molecule has 0 bridgehead atoms. The molecule has 0 aliphatic carbocycles. The monoisotopic (exact) mass is 233 g/mol. The average molecular weight is 233 g/mol. The van der Waals surface area contributed by atoms with Gasteiger partial charge in [0.1, 0.15) is 0 Å². The van der Waals surface area contributed by atoms with Crippen molar-refractivity contribution in [3.63, 3.8) is 0 Å². The van der Waals surface area contributed by atoms with Crippen LogP contribution in [0.2, 0.25) is 0 Å². The van der Waals surface area contributed by atoms with Crippen molar-refractivity contribution in [1.29, 1.82) is 0 Å². The summed E-state index contributed by atoms with van der Waals surface area (Å²) < 4.78 is 4.80. The largest absolute Gasteiger partial charge is 0.467 e. The van der Waals surface area contributed by atoms with Crippen LogP contribution in [-0.4, -0.2) is 30.2 Å². The maximum absolute atomic E-state index is 11.8. The van der Waals surface area contributed by atoms with Crippen LogP contribution in [-0.2, 0) is 16.1 Å². The summed E-state index contributed by atoms with van der Waals surface area (Å²) in [5.41, 5.74) is 0.299. The molecule has 0 fully saturated rings. The van der Waals surface area contributed by atoms with Crippen LogP contribution in [0.25, 0.3) is 0 Å². The lowest BCUT2D eigenvalue weighted by Gasteiger charge is -2.29. The van der Waals surface area contributed by atoms with Crippen molar-refractivity contribution in [2.45, 2.75) is 19.0 Å². The summed E-state index contributed by atoms with van der Waals surface area (Å²) in [6.45, 7) is 2.68. The van der Waals surface area contributed by atoms with Gasteiger partial charge in [0.05, 0.1) is 20.2 Å². The van der Waals surface area contributed by atoms with E-state index in [-0.39, 0.29) is 5.97 Å². The molecule has 5 nitrogen and oxygen atoms in total. The average Bonchev–Trinajstić information content (AvgIpc) is 2.72. The van der Waals surface area contributed by atoms with Gasteiger partial charge in [0, 0.05) is 0 Å². The van der Waals surface area contributed by atoms with E-state index in [0.29, 0.717) is 13.1 Å². The minimum atomic E-state index is -0.787. The fourth-order valence-electron chi connectivity index (χ4n) is 1.78. The Kier molecular flexibility index (Phi) is 3.08. The molecule has 0 saturated carbocycles. The number of esters is 1. The Morgan fingerprint density at radius 1 is 1.47 bits per heavy atom. The molecule has 0 amide bonds. The molecular weight excluding hydrogens is 218 g/mol. The first-order valence-corrected chi connectivity index (χ1v) is 5.44. The van der Waals surface area contributed by atoms with Gasteiger partial charge in [-0.05, 0) is 12.5 Å². The lowest BCUT2D eigenvalue weighted by molar-refractivity contribution is -0.152. The highest BCUT2D eigenvalue weighted by Gasteiger charge is 2.44. The Morgan fingerprint density at radius 2 is 2.18 bits per heavy atom. The molecule has 0 radical (unpaired) electrons. The first-order chi connectivity index (χ1) is 8.16. The quantitative estimate of drug-likeness (QED) is 0.748. The molecule has 2 rings (SSSR count). The highest BCUT2D eigenvalue weighted by molar-refractivity contribution is 5.80. The number of benzene rings is 1. The van der Waals surface area contributed by atoms with Crippen LogP contribution in [0, 0.1) is 0 Å². The summed E-state index contributed by atoms with van der Waals surface area (Å²) in [4.78, 5) is 11.8. The minimum Gasteiger partial charge on any atom is -0.467 e. The fraction of sp³-hybridized carbons (Fsp3) is 0.417. The Morgan fingerprint density at radius 3 is 2.82 bits per heavy atom. The molecule has 1 heterocycles. The molecule has 1 unspecified atom stereocenters. The van der Waals surface area contributed by atoms with Crippen molar-refractivity contribution in [3.05, 3.63) is 35.9 Å². The van der Waals surface area contributed by atoms with Gasteiger partial charge in [0.2, 0.25) is 0 Å². The molecule has 5 heteroatoms. The van der Waals surface area contributed by atoms with Gasteiger partial charge in [-0.2, -0.15) is 5.11 Å². The number of carbonyl (C=O) groups excluding carboxylic acids is 1. The number of hydrogen-bond donors (Lipinski definition) is 0. The number of nitrogens with zero attached hydrogens (tertiary/aromatic N) is 3. The van der Waals surface area contributed by atoms with E-state index < -0.39 is 5.54 Å². The van der Waals surface area contributed by atoms with E-state index in [2.05, 4.69) is 10.3 Å². The Balaban J connectivity index is 2.15. The van der Waals surface area contributed by atoms with Crippen LogP contribution < -0.4 is 0 Å². The SMILES string of the molecule is COC(=O)C1(C)CN=NN1Cc1ccccc1. The summed E-state index contributed by atoms with van der Waals surface area (Å²) in [5, 5.41) is 9.62. The maximum atomic E-state index is 11.8. The zero-order valence-corrected chi connectivity index (χ0v) is 9.96. The Hall–Kier alpha value is -1.91. The first-order valence-electron chi connectivity index (χ1n) is 5.44. The standard InChI is InChI=1S/C12H15N3O2/c1-12(11(16)17-2)9-13-14-15(12)8-10-6-4-3-5-7-10/h3-7H,8-9H2,1-2H3. The maximum Gasteiger partial charge on any atom is 0.335 e.